The Kier molecular flexibility index (Phi) is 7.05. The summed E-state index contributed by atoms with van der Waals surface area (Å²) in [6.45, 7) is 2.75. The molecular formula is C23H21IN4O3S. The van der Waals surface area contributed by atoms with Crippen LogP contribution in [0.25, 0.3) is 0 Å². The Hall–Kier alpha value is -2.92. The number of hydrogen-bond acceptors (Lipinski definition) is 5. The second kappa shape index (κ2) is 10.1. The molecule has 164 valence electrons. The molecule has 0 unspecified atom stereocenters. The summed E-state index contributed by atoms with van der Waals surface area (Å²) in [5.74, 6) is 0.0476. The zero-order chi connectivity index (χ0) is 22.5. The van der Waals surface area contributed by atoms with Gasteiger partial charge in [0.25, 0.3) is 11.8 Å². The van der Waals surface area contributed by atoms with Crippen LogP contribution in [0.4, 0.5) is 11.4 Å². The number of hydrogen-bond donors (Lipinski definition) is 2. The van der Waals surface area contributed by atoms with Crippen molar-refractivity contribution in [1.82, 2.24) is 10.2 Å². The Bertz CT molecular complexity index is 1090. The molecule has 1 aliphatic heterocycles. The van der Waals surface area contributed by atoms with E-state index in [2.05, 4.69) is 38.1 Å². The lowest BCUT2D eigenvalue weighted by Crippen LogP contribution is -2.48. The number of nitrogens with zero attached hydrogens (tertiary/aromatic N) is 2. The van der Waals surface area contributed by atoms with Gasteiger partial charge in [-0.1, -0.05) is 0 Å². The van der Waals surface area contributed by atoms with Crippen LogP contribution in [-0.4, -0.2) is 48.0 Å². The van der Waals surface area contributed by atoms with Crippen molar-refractivity contribution in [3.8, 4) is 0 Å². The number of piperazine rings is 1. The van der Waals surface area contributed by atoms with Gasteiger partial charge < -0.3 is 19.5 Å². The number of furan rings is 1. The lowest BCUT2D eigenvalue weighted by Gasteiger charge is -2.35. The highest BCUT2D eigenvalue weighted by molar-refractivity contribution is 14.1. The topological polar surface area (TPSA) is 77.8 Å². The van der Waals surface area contributed by atoms with Gasteiger partial charge in [0.2, 0.25) is 0 Å². The smallest absolute Gasteiger partial charge is 0.289 e. The normalized spacial score (nSPS) is 13.5. The molecule has 0 saturated carbocycles. The predicted octanol–water partition coefficient (Wildman–Crippen LogP) is 3.97. The van der Waals surface area contributed by atoms with Crippen LogP contribution in [0.2, 0.25) is 0 Å². The summed E-state index contributed by atoms with van der Waals surface area (Å²) >= 11 is 7.46. The fraction of sp³-hybridized carbons (Fsp3) is 0.174. The van der Waals surface area contributed by atoms with Crippen LogP contribution in [0.5, 0.6) is 0 Å². The highest BCUT2D eigenvalue weighted by Crippen LogP contribution is 2.20. The minimum absolute atomic E-state index is 0.0741. The molecule has 0 radical (unpaired) electrons. The molecule has 2 heterocycles. The third kappa shape index (κ3) is 5.46. The van der Waals surface area contributed by atoms with Crippen molar-refractivity contribution in [3.05, 3.63) is 81.8 Å². The fourth-order valence-corrected chi connectivity index (χ4v) is 3.99. The van der Waals surface area contributed by atoms with Crippen molar-refractivity contribution in [3.63, 3.8) is 0 Å². The highest BCUT2D eigenvalue weighted by atomic mass is 127. The monoisotopic (exact) mass is 560 g/mol. The van der Waals surface area contributed by atoms with E-state index in [1.54, 1.807) is 29.2 Å². The molecule has 0 bridgehead atoms. The maximum Gasteiger partial charge on any atom is 0.289 e. The molecule has 2 aromatic carbocycles. The van der Waals surface area contributed by atoms with Crippen molar-refractivity contribution in [2.45, 2.75) is 0 Å². The maximum atomic E-state index is 12.4. The standard InChI is InChI=1S/C23H21IN4O3S/c24-17-5-3-16(4-6-17)21(29)26-23(32)25-18-7-9-19(10-8-18)27-11-13-28(14-12-27)22(30)20-2-1-15-31-20/h1-10,15H,11-14H2,(H2,25,26,29,32). The first kappa shape index (κ1) is 22.3. The minimum Gasteiger partial charge on any atom is -0.459 e. The van der Waals surface area contributed by atoms with E-state index in [1.807, 2.05) is 36.4 Å². The summed E-state index contributed by atoms with van der Waals surface area (Å²) in [7, 11) is 0. The van der Waals surface area contributed by atoms with E-state index < -0.39 is 0 Å². The van der Waals surface area contributed by atoms with Gasteiger partial charge in [0, 0.05) is 46.7 Å². The van der Waals surface area contributed by atoms with E-state index >= 15 is 0 Å². The Labute approximate surface area is 204 Å². The molecule has 1 aromatic heterocycles. The van der Waals surface area contributed by atoms with Crippen molar-refractivity contribution < 1.29 is 14.0 Å². The molecule has 9 heteroatoms. The molecule has 4 rings (SSSR count). The van der Waals surface area contributed by atoms with E-state index in [0.717, 1.165) is 28.0 Å². The summed E-state index contributed by atoms with van der Waals surface area (Å²) in [6, 6.07) is 18.5. The average Bonchev–Trinajstić information content (AvgIpc) is 3.34. The number of nitrogens with one attached hydrogen (secondary N) is 2. The molecule has 7 nitrogen and oxygen atoms in total. The lowest BCUT2D eigenvalue weighted by atomic mass is 10.2. The first-order chi connectivity index (χ1) is 15.5. The minimum atomic E-state index is -0.252. The molecule has 0 atom stereocenters. The number of anilines is 2. The van der Waals surface area contributed by atoms with Gasteiger partial charge in [-0.2, -0.15) is 0 Å². The molecule has 1 fully saturated rings. The Morgan fingerprint density at radius 1 is 0.938 bits per heavy atom. The number of halogens is 1. The van der Waals surface area contributed by atoms with Crippen LogP contribution in [0.1, 0.15) is 20.9 Å². The van der Waals surface area contributed by atoms with E-state index in [1.165, 1.54) is 6.26 Å². The first-order valence-corrected chi connectivity index (χ1v) is 11.5. The van der Waals surface area contributed by atoms with Crippen LogP contribution in [0, 0.1) is 3.57 Å². The molecule has 2 N–H and O–H groups in total. The van der Waals surface area contributed by atoms with E-state index in [-0.39, 0.29) is 16.9 Å². The van der Waals surface area contributed by atoms with Gasteiger partial charge in [-0.15, -0.1) is 0 Å². The zero-order valence-corrected chi connectivity index (χ0v) is 20.1. The average molecular weight is 560 g/mol. The zero-order valence-electron chi connectivity index (χ0n) is 17.1. The van der Waals surface area contributed by atoms with Gasteiger partial charge in [0.15, 0.2) is 10.9 Å². The maximum absolute atomic E-state index is 12.4. The molecule has 2 amide bonds. The second-order valence-corrected chi connectivity index (χ2v) is 8.87. The summed E-state index contributed by atoms with van der Waals surface area (Å²) in [5.41, 5.74) is 2.40. The Morgan fingerprint density at radius 3 is 2.25 bits per heavy atom. The SMILES string of the molecule is O=C(NC(=S)Nc1ccc(N2CCN(C(=O)c3ccco3)CC2)cc1)c1ccc(I)cc1. The van der Waals surface area contributed by atoms with E-state index in [0.29, 0.717) is 24.4 Å². The lowest BCUT2D eigenvalue weighted by molar-refractivity contribution is 0.0714. The van der Waals surface area contributed by atoms with Crippen LogP contribution in [0.15, 0.2) is 71.3 Å². The van der Waals surface area contributed by atoms with Crippen LogP contribution < -0.4 is 15.5 Å². The number of rotatable bonds is 4. The Morgan fingerprint density at radius 2 is 1.62 bits per heavy atom. The van der Waals surface area contributed by atoms with Gasteiger partial charge in [-0.05, 0) is 95.5 Å². The fourth-order valence-electron chi connectivity index (χ4n) is 3.42. The number of carbonyl (C=O) groups is 2. The van der Waals surface area contributed by atoms with Crippen molar-refractivity contribution in [2.24, 2.45) is 0 Å². The second-order valence-electron chi connectivity index (χ2n) is 7.22. The van der Waals surface area contributed by atoms with E-state index in [9.17, 15) is 9.59 Å². The molecule has 1 saturated heterocycles. The largest absolute Gasteiger partial charge is 0.459 e. The highest BCUT2D eigenvalue weighted by Gasteiger charge is 2.23. The van der Waals surface area contributed by atoms with Gasteiger partial charge in [0.05, 0.1) is 6.26 Å². The Balaban J connectivity index is 1.28. The van der Waals surface area contributed by atoms with Gasteiger partial charge in [0.1, 0.15) is 0 Å². The third-order valence-corrected chi connectivity index (χ3v) is 6.05. The number of carbonyl (C=O) groups excluding carboxylic acids is 2. The quantitative estimate of drug-likeness (QED) is 0.372. The summed E-state index contributed by atoms with van der Waals surface area (Å²) in [6.07, 6.45) is 1.51. The number of benzene rings is 2. The molecular weight excluding hydrogens is 539 g/mol. The third-order valence-electron chi connectivity index (χ3n) is 5.12. The number of thiocarbonyl (C=S) groups is 1. The predicted molar refractivity (Wildman–Crippen MR) is 136 cm³/mol. The van der Waals surface area contributed by atoms with Crippen molar-refractivity contribution in [2.75, 3.05) is 36.4 Å². The van der Waals surface area contributed by atoms with Gasteiger partial charge in [-0.25, -0.2) is 0 Å². The van der Waals surface area contributed by atoms with Gasteiger partial charge in [-0.3, -0.25) is 14.9 Å². The van der Waals surface area contributed by atoms with Crippen LogP contribution in [0.3, 0.4) is 0 Å². The first-order valence-electron chi connectivity index (χ1n) is 10.1. The van der Waals surface area contributed by atoms with Crippen molar-refractivity contribution in [1.29, 1.82) is 0 Å². The summed E-state index contributed by atoms with van der Waals surface area (Å²) in [4.78, 5) is 28.7. The van der Waals surface area contributed by atoms with Crippen molar-refractivity contribution >= 4 is 63.1 Å². The van der Waals surface area contributed by atoms with Gasteiger partial charge >= 0.3 is 0 Å². The van der Waals surface area contributed by atoms with E-state index in [4.69, 9.17) is 16.6 Å². The molecule has 1 aliphatic rings. The molecule has 3 aromatic rings. The number of amides is 2. The molecule has 32 heavy (non-hydrogen) atoms. The molecule has 0 spiro atoms. The summed E-state index contributed by atoms with van der Waals surface area (Å²) < 4.78 is 6.27. The summed E-state index contributed by atoms with van der Waals surface area (Å²) in [5, 5.41) is 5.97. The molecule has 0 aliphatic carbocycles. The van der Waals surface area contributed by atoms with Crippen LogP contribution in [-0.2, 0) is 0 Å². The van der Waals surface area contributed by atoms with Crippen LogP contribution >= 0.6 is 34.8 Å².